The molecule has 2 nitrogen and oxygen atoms in total. The largest absolute Gasteiger partial charge is 0.391 e. The van der Waals surface area contributed by atoms with Crippen molar-refractivity contribution in [1.82, 2.24) is 0 Å². The van der Waals surface area contributed by atoms with Gasteiger partial charge >= 0.3 is 0 Å². The van der Waals surface area contributed by atoms with Crippen LogP contribution in [0.2, 0.25) is 0 Å². The maximum absolute atomic E-state index is 9.54. The molecule has 3 fully saturated rings. The zero-order valence-corrected chi connectivity index (χ0v) is 6.16. The molecule has 0 amide bonds. The molecule has 0 aromatic rings. The molecule has 2 atom stereocenters. The van der Waals surface area contributed by atoms with E-state index >= 15 is 0 Å². The molecular weight excluding hydrogens is 126 g/mol. The van der Waals surface area contributed by atoms with E-state index in [-0.39, 0.29) is 12.1 Å². The topological polar surface area (TPSA) is 46.2 Å². The van der Waals surface area contributed by atoms with Gasteiger partial charge in [-0.2, -0.15) is 0 Å². The van der Waals surface area contributed by atoms with E-state index in [1.165, 1.54) is 25.7 Å². The van der Waals surface area contributed by atoms with Crippen molar-refractivity contribution in [3.63, 3.8) is 0 Å². The van der Waals surface area contributed by atoms with Crippen LogP contribution in [0.5, 0.6) is 0 Å². The number of aliphatic hydroxyl groups is 1. The van der Waals surface area contributed by atoms with E-state index in [0.29, 0.717) is 11.8 Å². The second-order valence-corrected chi connectivity index (χ2v) is 3.74. The van der Waals surface area contributed by atoms with Gasteiger partial charge in [0.25, 0.3) is 0 Å². The van der Waals surface area contributed by atoms with E-state index in [9.17, 15) is 5.11 Å². The molecule has 3 N–H and O–H groups in total. The molecule has 10 heavy (non-hydrogen) atoms. The van der Waals surface area contributed by atoms with Crippen molar-refractivity contribution in [2.45, 2.75) is 37.8 Å². The second kappa shape index (κ2) is 2.21. The molecule has 0 aromatic heterocycles. The molecule has 2 heteroatoms. The number of hydrogen-bond acceptors (Lipinski definition) is 2. The molecule has 3 rings (SSSR count). The first-order valence-electron chi connectivity index (χ1n) is 4.22. The summed E-state index contributed by atoms with van der Waals surface area (Å²) in [5.41, 5.74) is 5.81. The van der Waals surface area contributed by atoms with Crippen molar-refractivity contribution < 1.29 is 5.11 Å². The third-order valence-corrected chi connectivity index (χ3v) is 3.24. The summed E-state index contributed by atoms with van der Waals surface area (Å²) in [6, 6.07) is 0.0903. The summed E-state index contributed by atoms with van der Waals surface area (Å²) < 4.78 is 0. The maximum Gasteiger partial charge on any atom is 0.0721 e. The lowest BCUT2D eigenvalue weighted by molar-refractivity contribution is -0.0176. The lowest BCUT2D eigenvalue weighted by Gasteiger charge is -2.44. The van der Waals surface area contributed by atoms with Crippen molar-refractivity contribution in [2.75, 3.05) is 0 Å². The van der Waals surface area contributed by atoms with Crippen molar-refractivity contribution in [3.8, 4) is 0 Å². The summed E-state index contributed by atoms with van der Waals surface area (Å²) in [4.78, 5) is 0. The van der Waals surface area contributed by atoms with Gasteiger partial charge in [-0.3, -0.25) is 0 Å². The lowest BCUT2D eigenvalue weighted by Crippen LogP contribution is -2.52. The van der Waals surface area contributed by atoms with Crippen LogP contribution in [-0.2, 0) is 0 Å². The fourth-order valence-corrected chi connectivity index (χ4v) is 2.46. The molecule has 0 spiro atoms. The van der Waals surface area contributed by atoms with Crippen molar-refractivity contribution in [3.05, 3.63) is 0 Å². The van der Waals surface area contributed by atoms with Gasteiger partial charge in [-0.05, 0) is 37.5 Å². The SMILES string of the molecule is N[C@@H]1C2CCC(CC2)[C@@H]1O. The number of rotatable bonds is 0. The molecule has 0 aliphatic heterocycles. The van der Waals surface area contributed by atoms with Crippen LogP contribution in [0.15, 0.2) is 0 Å². The van der Waals surface area contributed by atoms with Crippen LogP contribution in [0.1, 0.15) is 25.7 Å². The van der Waals surface area contributed by atoms with Crippen LogP contribution in [0.4, 0.5) is 0 Å². The molecular formula is C8H15NO. The van der Waals surface area contributed by atoms with E-state index in [2.05, 4.69) is 0 Å². The van der Waals surface area contributed by atoms with Gasteiger partial charge < -0.3 is 10.8 Å². The average molecular weight is 141 g/mol. The van der Waals surface area contributed by atoms with E-state index < -0.39 is 0 Å². The van der Waals surface area contributed by atoms with Gasteiger partial charge in [-0.1, -0.05) is 0 Å². The summed E-state index contributed by atoms with van der Waals surface area (Å²) in [6.45, 7) is 0. The monoisotopic (exact) mass is 141 g/mol. The number of nitrogens with two attached hydrogens (primary N) is 1. The summed E-state index contributed by atoms with van der Waals surface area (Å²) in [6.07, 6.45) is 4.73. The fraction of sp³-hybridized carbons (Fsp3) is 1.00. The van der Waals surface area contributed by atoms with Crippen molar-refractivity contribution in [1.29, 1.82) is 0 Å². The number of aliphatic hydroxyl groups excluding tert-OH is 1. The Morgan fingerprint density at radius 2 is 1.50 bits per heavy atom. The van der Waals surface area contributed by atoms with Crippen LogP contribution < -0.4 is 5.73 Å². The quantitative estimate of drug-likeness (QED) is 0.516. The number of hydrogen-bond donors (Lipinski definition) is 2. The van der Waals surface area contributed by atoms with Crippen LogP contribution in [0, 0.1) is 11.8 Å². The Morgan fingerprint density at radius 3 is 1.80 bits per heavy atom. The summed E-state index contributed by atoms with van der Waals surface area (Å²) >= 11 is 0. The molecule has 0 radical (unpaired) electrons. The van der Waals surface area contributed by atoms with Gasteiger partial charge in [0.1, 0.15) is 0 Å². The van der Waals surface area contributed by atoms with Crippen molar-refractivity contribution >= 4 is 0 Å². The molecule has 3 saturated carbocycles. The van der Waals surface area contributed by atoms with Crippen LogP contribution in [-0.4, -0.2) is 17.3 Å². The van der Waals surface area contributed by atoms with E-state index in [0.717, 1.165) is 0 Å². The summed E-state index contributed by atoms with van der Waals surface area (Å²) in [5.74, 6) is 1.15. The minimum Gasteiger partial charge on any atom is -0.391 e. The molecule has 0 unspecified atom stereocenters. The highest BCUT2D eigenvalue weighted by molar-refractivity contribution is 4.94. The zero-order valence-electron chi connectivity index (χ0n) is 6.16. The fourth-order valence-electron chi connectivity index (χ4n) is 2.46. The van der Waals surface area contributed by atoms with Gasteiger partial charge in [0, 0.05) is 6.04 Å². The van der Waals surface area contributed by atoms with Gasteiger partial charge in [0.05, 0.1) is 6.10 Å². The Hall–Kier alpha value is -0.0800. The molecule has 58 valence electrons. The Kier molecular flexibility index (Phi) is 1.46. The molecule has 0 saturated heterocycles. The molecule has 3 aliphatic carbocycles. The third kappa shape index (κ3) is 0.789. The first-order chi connectivity index (χ1) is 4.79. The minimum atomic E-state index is -0.188. The van der Waals surface area contributed by atoms with Crippen LogP contribution in [0.25, 0.3) is 0 Å². The van der Waals surface area contributed by atoms with Crippen LogP contribution >= 0.6 is 0 Å². The van der Waals surface area contributed by atoms with Gasteiger partial charge in [-0.25, -0.2) is 0 Å². The summed E-state index contributed by atoms with van der Waals surface area (Å²) in [7, 11) is 0. The first-order valence-corrected chi connectivity index (χ1v) is 4.22. The molecule has 3 aliphatic rings. The first kappa shape index (κ1) is 6.62. The molecule has 0 aromatic carbocycles. The maximum atomic E-state index is 9.54. The predicted octanol–water partition coefficient (Wildman–Crippen LogP) is 0.495. The zero-order chi connectivity index (χ0) is 7.14. The van der Waals surface area contributed by atoms with E-state index in [1.807, 2.05) is 0 Å². The van der Waals surface area contributed by atoms with E-state index in [4.69, 9.17) is 5.73 Å². The second-order valence-electron chi connectivity index (χ2n) is 3.74. The third-order valence-electron chi connectivity index (χ3n) is 3.24. The smallest absolute Gasteiger partial charge is 0.0721 e. The summed E-state index contributed by atoms with van der Waals surface area (Å²) in [5, 5.41) is 9.54. The highest BCUT2D eigenvalue weighted by Crippen LogP contribution is 2.40. The van der Waals surface area contributed by atoms with Gasteiger partial charge in [0.2, 0.25) is 0 Å². The Bertz CT molecular complexity index is 109. The standard InChI is InChI=1S/C8H15NO/c9-7-5-1-3-6(4-2-5)8(7)10/h5-8,10H,1-4,9H2/t5?,6?,7-,8+/m1/s1. The molecule has 2 bridgehead atoms. The highest BCUT2D eigenvalue weighted by atomic mass is 16.3. The predicted molar refractivity (Wildman–Crippen MR) is 39.4 cm³/mol. The van der Waals surface area contributed by atoms with Gasteiger partial charge in [0.15, 0.2) is 0 Å². The molecule has 0 heterocycles. The minimum absolute atomic E-state index is 0.0903. The van der Waals surface area contributed by atoms with Gasteiger partial charge in [-0.15, -0.1) is 0 Å². The Labute approximate surface area is 61.4 Å². The van der Waals surface area contributed by atoms with Crippen molar-refractivity contribution in [2.24, 2.45) is 17.6 Å². The Morgan fingerprint density at radius 1 is 1.00 bits per heavy atom. The van der Waals surface area contributed by atoms with Crippen LogP contribution in [0.3, 0.4) is 0 Å². The number of fused-ring (bicyclic) bond motifs is 3. The average Bonchev–Trinajstić information content (AvgIpc) is 2.00. The Balaban J connectivity index is 2.13. The normalized spacial score (nSPS) is 53.4. The highest BCUT2D eigenvalue weighted by Gasteiger charge is 2.40. The van der Waals surface area contributed by atoms with E-state index in [1.54, 1.807) is 0 Å². The lowest BCUT2D eigenvalue weighted by atomic mass is 9.66.